The summed E-state index contributed by atoms with van der Waals surface area (Å²) in [5, 5.41) is 0. The molecule has 4 aromatic rings. The zero-order valence-corrected chi connectivity index (χ0v) is 21.9. The van der Waals surface area contributed by atoms with Crippen molar-refractivity contribution in [3.05, 3.63) is 117 Å². The summed E-state index contributed by atoms with van der Waals surface area (Å²) in [7, 11) is 0. The standard InChI is InChI=1S/C34H36/c1-21-11-9-12-22(2)31(21)25-15-17-27-29(19-25)33(5,6)28-18-16-26(20-30(28)34(27,7)8)32-23(3)13-10-14-24(32)4/h9-20H,1-8H3. The molecular weight excluding hydrogens is 408 g/mol. The van der Waals surface area contributed by atoms with E-state index in [-0.39, 0.29) is 10.8 Å². The van der Waals surface area contributed by atoms with Gasteiger partial charge in [0.25, 0.3) is 0 Å². The van der Waals surface area contributed by atoms with Crippen molar-refractivity contribution in [1.29, 1.82) is 0 Å². The summed E-state index contributed by atoms with van der Waals surface area (Å²) in [5.41, 5.74) is 16.4. The van der Waals surface area contributed by atoms with Crippen LogP contribution in [0.1, 0.15) is 72.2 Å². The molecule has 0 aliphatic heterocycles. The van der Waals surface area contributed by atoms with Crippen LogP contribution in [0.4, 0.5) is 0 Å². The molecule has 0 radical (unpaired) electrons. The van der Waals surface area contributed by atoms with Crippen molar-refractivity contribution in [1.82, 2.24) is 0 Å². The van der Waals surface area contributed by atoms with Crippen LogP contribution in [0.5, 0.6) is 0 Å². The van der Waals surface area contributed by atoms with Crippen LogP contribution in [0.25, 0.3) is 22.3 Å². The highest BCUT2D eigenvalue weighted by molar-refractivity contribution is 5.76. The summed E-state index contributed by atoms with van der Waals surface area (Å²) in [6, 6.07) is 27.6. The van der Waals surface area contributed by atoms with E-state index >= 15 is 0 Å². The van der Waals surface area contributed by atoms with Crippen LogP contribution >= 0.6 is 0 Å². The predicted molar refractivity (Wildman–Crippen MR) is 147 cm³/mol. The van der Waals surface area contributed by atoms with Gasteiger partial charge >= 0.3 is 0 Å². The van der Waals surface area contributed by atoms with E-state index in [9.17, 15) is 0 Å². The summed E-state index contributed by atoms with van der Waals surface area (Å²) in [5.74, 6) is 0. The lowest BCUT2D eigenvalue weighted by molar-refractivity contribution is 0.521. The van der Waals surface area contributed by atoms with E-state index in [0.717, 1.165) is 0 Å². The average Bonchev–Trinajstić information content (AvgIpc) is 2.78. The highest BCUT2D eigenvalue weighted by atomic mass is 14.4. The molecule has 34 heavy (non-hydrogen) atoms. The first-order valence-electron chi connectivity index (χ1n) is 12.5. The number of fused-ring (bicyclic) bond motifs is 2. The Morgan fingerprint density at radius 3 is 1.06 bits per heavy atom. The van der Waals surface area contributed by atoms with Crippen LogP contribution < -0.4 is 0 Å². The normalized spacial score (nSPS) is 15.5. The predicted octanol–water partition coefficient (Wildman–Crippen LogP) is 9.22. The van der Waals surface area contributed by atoms with Crippen molar-refractivity contribution in [2.45, 2.75) is 66.2 Å². The Morgan fingerprint density at radius 2 is 0.735 bits per heavy atom. The molecule has 1 aliphatic rings. The Morgan fingerprint density at radius 1 is 0.412 bits per heavy atom. The van der Waals surface area contributed by atoms with E-state index in [4.69, 9.17) is 0 Å². The van der Waals surface area contributed by atoms with Gasteiger partial charge in [-0.15, -0.1) is 0 Å². The first-order valence-corrected chi connectivity index (χ1v) is 12.5. The largest absolute Gasteiger partial charge is 0.0617 e. The van der Waals surface area contributed by atoms with Gasteiger partial charge in [0.15, 0.2) is 0 Å². The van der Waals surface area contributed by atoms with Gasteiger partial charge in [-0.25, -0.2) is 0 Å². The second-order valence-electron chi connectivity index (χ2n) is 11.3. The lowest BCUT2D eigenvalue weighted by Crippen LogP contribution is -2.36. The topological polar surface area (TPSA) is 0 Å². The maximum Gasteiger partial charge on any atom is 0.0152 e. The number of rotatable bonds is 2. The van der Waals surface area contributed by atoms with Gasteiger partial charge in [-0.05, 0) is 107 Å². The van der Waals surface area contributed by atoms with Crippen molar-refractivity contribution in [2.24, 2.45) is 0 Å². The summed E-state index contributed by atoms with van der Waals surface area (Å²) in [6.45, 7) is 18.5. The highest BCUT2D eigenvalue weighted by Crippen LogP contribution is 2.51. The molecular formula is C34H36. The van der Waals surface area contributed by atoms with Gasteiger partial charge in [0.2, 0.25) is 0 Å². The number of hydrogen-bond acceptors (Lipinski definition) is 0. The molecule has 0 saturated carbocycles. The summed E-state index contributed by atoms with van der Waals surface area (Å²) in [6.07, 6.45) is 0. The molecule has 0 bridgehead atoms. The van der Waals surface area contributed by atoms with Gasteiger partial charge in [0.1, 0.15) is 0 Å². The van der Waals surface area contributed by atoms with Crippen LogP contribution in [-0.4, -0.2) is 0 Å². The second-order valence-corrected chi connectivity index (χ2v) is 11.3. The number of benzene rings is 4. The van der Waals surface area contributed by atoms with Crippen molar-refractivity contribution in [3.63, 3.8) is 0 Å². The van der Waals surface area contributed by atoms with E-state index in [2.05, 4.69) is 128 Å². The minimum atomic E-state index is -0.0634. The van der Waals surface area contributed by atoms with Gasteiger partial charge in [0, 0.05) is 10.8 Å². The Hall–Kier alpha value is -3.12. The van der Waals surface area contributed by atoms with E-state index in [1.165, 1.54) is 66.8 Å². The fourth-order valence-corrected chi connectivity index (χ4v) is 6.35. The molecule has 0 unspecified atom stereocenters. The van der Waals surface area contributed by atoms with Crippen molar-refractivity contribution >= 4 is 0 Å². The molecule has 0 aromatic heterocycles. The number of aryl methyl sites for hydroxylation is 4. The lowest BCUT2D eigenvalue weighted by Gasteiger charge is -2.44. The van der Waals surface area contributed by atoms with Gasteiger partial charge < -0.3 is 0 Å². The quantitative estimate of drug-likeness (QED) is 0.289. The summed E-state index contributed by atoms with van der Waals surface area (Å²) in [4.78, 5) is 0. The molecule has 0 saturated heterocycles. The molecule has 172 valence electrons. The van der Waals surface area contributed by atoms with Crippen molar-refractivity contribution < 1.29 is 0 Å². The zero-order valence-electron chi connectivity index (χ0n) is 21.9. The van der Waals surface area contributed by atoms with E-state index in [1.54, 1.807) is 0 Å². The lowest BCUT2D eigenvalue weighted by atomic mass is 9.59. The maximum atomic E-state index is 2.47. The Labute approximate surface area is 205 Å². The van der Waals surface area contributed by atoms with E-state index in [1.807, 2.05) is 0 Å². The summed E-state index contributed by atoms with van der Waals surface area (Å²) < 4.78 is 0. The highest BCUT2D eigenvalue weighted by Gasteiger charge is 2.41. The SMILES string of the molecule is Cc1cccc(C)c1-c1ccc2c(c1)C(C)(C)c1ccc(-c3c(C)cccc3C)cc1C2(C)C. The third-order valence-corrected chi connectivity index (χ3v) is 8.27. The third-order valence-electron chi connectivity index (χ3n) is 8.27. The first kappa shape index (κ1) is 22.7. The fourth-order valence-electron chi connectivity index (χ4n) is 6.35. The van der Waals surface area contributed by atoms with Crippen LogP contribution in [0.15, 0.2) is 72.8 Å². The van der Waals surface area contributed by atoms with E-state index in [0.29, 0.717) is 0 Å². The summed E-state index contributed by atoms with van der Waals surface area (Å²) >= 11 is 0. The average molecular weight is 445 g/mol. The van der Waals surface area contributed by atoms with Gasteiger partial charge in [0.05, 0.1) is 0 Å². The second kappa shape index (κ2) is 7.70. The van der Waals surface area contributed by atoms with Crippen LogP contribution in [0.2, 0.25) is 0 Å². The molecule has 0 atom stereocenters. The minimum absolute atomic E-state index is 0.0634. The van der Waals surface area contributed by atoms with Crippen LogP contribution in [0.3, 0.4) is 0 Å². The van der Waals surface area contributed by atoms with Gasteiger partial charge in [-0.1, -0.05) is 88.4 Å². The third kappa shape index (κ3) is 3.27. The monoisotopic (exact) mass is 444 g/mol. The molecule has 0 N–H and O–H groups in total. The first-order chi connectivity index (χ1) is 16.0. The molecule has 1 aliphatic carbocycles. The Kier molecular flexibility index (Phi) is 5.13. The van der Waals surface area contributed by atoms with E-state index < -0.39 is 0 Å². The molecule has 0 spiro atoms. The Bertz CT molecular complexity index is 1280. The maximum absolute atomic E-state index is 2.47. The minimum Gasteiger partial charge on any atom is -0.0617 e. The molecule has 0 heterocycles. The fraction of sp³-hybridized carbons (Fsp3) is 0.294. The van der Waals surface area contributed by atoms with Crippen LogP contribution in [0, 0.1) is 27.7 Å². The molecule has 4 aromatic carbocycles. The molecule has 5 rings (SSSR count). The molecule has 0 fully saturated rings. The Balaban J connectivity index is 1.72. The zero-order chi connectivity index (χ0) is 24.4. The van der Waals surface area contributed by atoms with Gasteiger partial charge in [-0.2, -0.15) is 0 Å². The van der Waals surface area contributed by atoms with Crippen molar-refractivity contribution in [3.8, 4) is 22.3 Å². The van der Waals surface area contributed by atoms with Crippen LogP contribution in [-0.2, 0) is 10.8 Å². The van der Waals surface area contributed by atoms with Gasteiger partial charge in [-0.3, -0.25) is 0 Å². The molecule has 0 amide bonds. The molecule has 0 nitrogen and oxygen atoms in total. The molecule has 0 heteroatoms. The smallest absolute Gasteiger partial charge is 0.0152 e. The number of hydrogen-bond donors (Lipinski definition) is 0. The van der Waals surface area contributed by atoms with Crippen molar-refractivity contribution in [2.75, 3.05) is 0 Å².